The first kappa shape index (κ1) is 19.0. The Morgan fingerprint density at radius 1 is 1.35 bits per heavy atom. The number of benzene rings is 1. The Morgan fingerprint density at radius 2 is 2.12 bits per heavy atom. The Hall–Kier alpha value is -1.79. The van der Waals surface area contributed by atoms with Gasteiger partial charge in [0.1, 0.15) is 4.88 Å². The summed E-state index contributed by atoms with van der Waals surface area (Å²) in [5, 5.41) is 4.15. The summed E-state index contributed by atoms with van der Waals surface area (Å²) >= 11 is 1.22. The van der Waals surface area contributed by atoms with E-state index >= 15 is 0 Å². The molecule has 1 unspecified atom stereocenters. The lowest BCUT2D eigenvalue weighted by atomic mass is 10.0. The fourth-order valence-electron chi connectivity index (χ4n) is 3.53. The van der Waals surface area contributed by atoms with Crippen molar-refractivity contribution in [3.8, 4) is 0 Å². The normalized spacial score (nSPS) is 18.2. The van der Waals surface area contributed by atoms with Gasteiger partial charge in [-0.15, -0.1) is 5.10 Å². The number of likely N-dealkylation sites (tertiary alicyclic amines) is 1. The molecule has 0 radical (unpaired) electrons. The molecule has 0 bridgehead atoms. The fourth-order valence-corrected chi connectivity index (χ4v) is 4.33. The third kappa shape index (κ3) is 4.48. The monoisotopic (exact) mass is 372 g/mol. The van der Waals surface area contributed by atoms with E-state index in [0.717, 1.165) is 44.6 Å². The van der Waals surface area contributed by atoms with Crippen molar-refractivity contribution in [3.05, 3.63) is 46.5 Å². The molecule has 3 rings (SSSR count). The van der Waals surface area contributed by atoms with Gasteiger partial charge in [-0.1, -0.05) is 48.7 Å². The summed E-state index contributed by atoms with van der Waals surface area (Å²) in [4.78, 5) is 18.1. The molecule has 1 atom stereocenters. The second kappa shape index (κ2) is 8.73. The zero-order valence-electron chi connectivity index (χ0n) is 15.9. The fraction of sp³-hybridized carbons (Fsp3) is 0.550. The molecule has 0 spiro atoms. The van der Waals surface area contributed by atoms with Crippen LogP contribution in [-0.2, 0) is 6.42 Å². The summed E-state index contributed by atoms with van der Waals surface area (Å²) < 4.78 is 4.00. The van der Waals surface area contributed by atoms with Crippen molar-refractivity contribution in [2.24, 2.45) is 0 Å². The van der Waals surface area contributed by atoms with Crippen molar-refractivity contribution in [1.29, 1.82) is 0 Å². The molecule has 0 aliphatic carbocycles. The third-order valence-electron chi connectivity index (χ3n) is 5.16. The topological polar surface area (TPSA) is 49.3 Å². The van der Waals surface area contributed by atoms with E-state index < -0.39 is 0 Å². The molecule has 1 aromatic carbocycles. The molecule has 1 fully saturated rings. The molecule has 1 aliphatic rings. The van der Waals surface area contributed by atoms with Gasteiger partial charge in [-0.3, -0.25) is 4.79 Å². The lowest BCUT2D eigenvalue weighted by Crippen LogP contribution is -2.49. The molecule has 5 nitrogen and oxygen atoms in total. The Kier molecular flexibility index (Phi) is 6.38. The van der Waals surface area contributed by atoms with Crippen molar-refractivity contribution in [2.45, 2.75) is 45.1 Å². The summed E-state index contributed by atoms with van der Waals surface area (Å²) in [6.07, 6.45) is 3.25. The van der Waals surface area contributed by atoms with Gasteiger partial charge in [-0.05, 0) is 48.8 Å². The lowest BCUT2D eigenvalue weighted by molar-refractivity contribution is 0.0622. The van der Waals surface area contributed by atoms with Crippen molar-refractivity contribution in [3.63, 3.8) is 0 Å². The smallest absolute Gasteiger partial charge is 0.267 e. The first-order valence-electron chi connectivity index (χ1n) is 9.42. The van der Waals surface area contributed by atoms with Crippen LogP contribution < -0.4 is 0 Å². The number of rotatable bonds is 6. The van der Waals surface area contributed by atoms with E-state index in [0.29, 0.717) is 4.88 Å². The molecule has 2 heterocycles. The number of carbonyl (C=O) groups excluding carboxylic acids is 1. The minimum atomic E-state index is 0.0682. The van der Waals surface area contributed by atoms with Crippen LogP contribution in [0.2, 0.25) is 0 Å². The van der Waals surface area contributed by atoms with Crippen LogP contribution in [0.3, 0.4) is 0 Å². The minimum absolute atomic E-state index is 0.0682. The first-order chi connectivity index (χ1) is 12.6. The highest BCUT2D eigenvalue weighted by atomic mass is 32.1. The number of hydrogen-bond acceptors (Lipinski definition) is 5. The molecule has 0 saturated carbocycles. The number of aromatic nitrogens is 2. The van der Waals surface area contributed by atoms with Gasteiger partial charge in [-0.25, -0.2) is 0 Å². The molecule has 140 valence electrons. The molecule has 26 heavy (non-hydrogen) atoms. The van der Waals surface area contributed by atoms with Crippen LogP contribution in [0, 0.1) is 0 Å². The number of piperidine rings is 1. The van der Waals surface area contributed by atoms with Crippen molar-refractivity contribution in [2.75, 3.05) is 26.7 Å². The maximum absolute atomic E-state index is 13.0. The third-order valence-corrected chi connectivity index (χ3v) is 5.89. The molecule has 0 N–H and O–H groups in total. The van der Waals surface area contributed by atoms with E-state index in [4.69, 9.17) is 0 Å². The number of likely N-dealkylation sites (N-methyl/N-ethyl adjacent to an activating group) is 1. The first-order valence-corrected chi connectivity index (χ1v) is 10.2. The minimum Gasteiger partial charge on any atom is -0.337 e. The Balaban J connectivity index is 1.59. The molecule has 1 aliphatic heterocycles. The highest BCUT2D eigenvalue weighted by Gasteiger charge is 2.29. The predicted molar refractivity (Wildman–Crippen MR) is 106 cm³/mol. The van der Waals surface area contributed by atoms with Crippen LogP contribution in [0.25, 0.3) is 0 Å². The maximum atomic E-state index is 13.0. The zero-order valence-corrected chi connectivity index (χ0v) is 16.7. The van der Waals surface area contributed by atoms with Gasteiger partial charge in [0.2, 0.25) is 0 Å². The van der Waals surface area contributed by atoms with Gasteiger partial charge < -0.3 is 9.80 Å². The van der Waals surface area contributed by atoms with Gasteiger partial charge >= 0.3 is 0 Å². The van der Waals surface area contributed by atoms with Crippen molar-refractivity contribution < 1.29 is 4.79 Å². The SMILES string of the molecule is CC(C)c1nnsc1C(=O)N(C)C1CCCN(CCc2ccccc2)C1. The Bertz CT molecular complexity index is 716. The molecular formula is C20H28N4OS. The van der Waals surface area contributed by atoms with Gasteiger partial charge in [0.25, 0.3) is 5.91 Å². The van der Waals surface area contributed by atoms with E-state index in [1.807, 2.05) is 11.9 Å². The second-order valence-electron chi connectivity index (χ2n) is 7.39. The summed E-state index contributed by atoms with van der Waals surface area (Å²) in [6.45, 7) is 7.21. The Labute approximate surface area is 160 Å². The van der Waals surface area contributed by atoms with Crippen molar-refractivity contribution >= 4 is 17.4 Å². The zero-order chi connectivity index (χ0) is 18.5. The second-order valence-corrected chi connectivity index (χ2v) is 8.14. The van der Waals surface area contributed by atoms with E-state index in [1.54, 1.807) is 0 Å². The molecule has 1 aromatic heterocycles. The number of amides is 1. The van der Waals surface area contributed by atoms with Crippen molar-refractivity contribution in [1.82, 2.24) is 19.4 Å². The average molecular weight is 373 g/mol. The van der Waals surface area contributed by atoms with E-state index in [1.165, 1.54) is 17.1 Å². The maximum Gasteiger partial charge on any atom is 0.267 e. The van der Waals surface area contributed by atoms with Crippen LogP contribution in [0.1, 0.15) is 53.5 Å². The summed E-state index contributed by atoms with van der Waals surface area (Å²) in [6, 6.07) is 10.9. The van der Waals surface area contributed by atoms with Gasteiger partial charge in [0, 0.05) is 26.2 Å². The van der Waals surface area contributed by atoms with Gasteiger partial charge in [0.15, 0.2) is 0 Å². The lowest BCUT2D eigenvalue weighted by Gasteiger charge is -2.37. The van der Waals surface area contributed by atoms with Crippen LogP contribution in [0.5, 0.6) is 0 Å². The highest BCUT2D eigenvalue weighted by Crippen LogP contribution is 2.24. The number of nitrogens with zero attached hydrogens (tertiary/aromatic N) is 4. The average Bonchev–Trinajstić information content (AvgIpc) is 3.16. The molecule has 1 amide bonds. The number of carbonyl (C=O) groups is 1. The largest absolute Gasteiger partial charge is 0.337 e. The van der Waals surface area contributed by atoms with Crippen LogP contribution in [-0.4, -0.2) is 58.0 Å². The molecular weight excluding hydrogens is 344 g/mol. The van der Waals surface area contributed by atoms with E-state index in [2.05, 4.69) is 58.7 Å². The summed E-state index contributed by atoms with van der Waals surface area (Å²) in [5.74, 6) is 0.286. The summed E-state index contributed by atoms with van der Waals surface area (Å²) in [5.41, 5.74) is 2.19. The molecule has 1 saturated heterocycles. The molecule has 6 heteroatoms. The number of hydrogen-bond donors (Lipinski definition) is 0. The summed E-state index contributed by atoms with van der Waals surface area (Å²) in [7, 11) is 1.93. The van der Waals surface area contributed by atoms with Crippen LogP contribution >= 0.6 is 11.5 Å². The van der Waals surface area contributed by atoms with Crippen LogP contribution in [0.4, 0.5) is 0 Å². The quantitative estimate of drug-likeness (QED) is 0.779. The van der Waals surface area contributed by atoms with Gasteiger partial charge in [-0.2, -0.15) is 0 Å². The van der Waals surface area contributed by atoms with Crippen LogP contribution in [0.15, 0.2) is 30.3 Å². The predicted octanol–water partition coefficient (Wildman–Crippen LogP) is 3.44. The van der Waals surface area contributed by atoms with E-state index in [9.17, 15) is 4.79 Å². The molecule has 2 aromatic rings. The Morgan fingerprint density at radius 3 is 2.85 bits per heavy atom. The standard InChI is InChI=1S/C20H28N4OS/c1-15(2)18-19(26-22-21-18)20(25)23(3)17-10-7-12-24(14-17)13-11-16-8-5-4-6-9-16/h4-6,8-9,15,17H,7,10-14H2,1-3H3. The van der Waals surface area contributed by atoms with Gasteiger partial charge in [0.05, 0.1) is 5.69 Å². The highest BCUT2D eigenvalue weighted by molar-refractivity contribution is 7.08. The van der Waals surface area contributed by atoms with E-state index in [-0.39, 0.29) is 17.9 Å².